The number of ether oxygens (including phenoxy) is 1. The molecule has 1 amide bonds. The maximum absolute atomic E-state index is 11.7. The fourth-order valence-corrected chi connectivity index (χ4v) is 1.28. The number of carboxylic acid groups (broad SMARTS) is 1. The Kier molecular flexibility index (Phi) is 8.13. The number of carbonyl (C=O) groups excluding carboxylic acids is 1. The van der Waals surface area contributed by atoms with Gasteiger partial charge in [-0.1, -0.05) is 19.8 Å². The molecule has 5 nitrogen and oxygen atoms in total. The monoisotopic (exact) mass is 285 g/mol. The number of rotatable bonds is 9. The van der Waals surface area contributed by atoms with E-state index in [0.29, 0.717) is 12.8 Å². The highest BCUT2D eigenvalue weighted by Crippen LogP contribution is 2.14. The lowest BCUT2D eigenvalue weighted by Gasteiger charge is -2.14. The second kappa shape index (κ2) is 8.73. The summed E-state index contributed by atoms with van der Waals surface area (Å²) in [5, 5.41) is 11.1. The van der Waals surface area contributed by atoms with Crippen LogP contribution in [0, 0.1) is 0 Å². The fraction of sp³-hybridized carbons (Fsp3) is 0.818. The molecule has 0 saturated heterocycles. The zero-order valence-corrected chi connectivity index (χ0v) is 10.6. The molecule has 0 saturated carbocycles. The van der Waals surface area contributed by atoms with Gasteiger partial charge in [-0.2, -0.15) is 13.2 Å². The molecule has 112 valence electrons. The number of unbranched alkanes of at least 4 members (excludes halogenated alkanes) is 1. The van der Waals surface area contributed by atoms with Crippen LogP contribution in [0.3, 0.4) is 0 Å². The predicted octanol–water partition coefficient (Wildman–Crippen LogP) is 1.71. The lowest BCUT2D eigenvalue weighted by molar-refractivity contribution is -0.174. The molecule has 1 unspecified atom stereocenters. The largest absolute Gasteiger partial charge is 0.480 e. The zero-order valence-electron chi connectivity index (χ0n) is 10.6. The van der Waals surface area contributed by atoms with Gasteiger partial charge in [-0.3, -0.25) is 4.79 Å². The van der Waals surface area contributed by atoms with E-state index in [-0.39, 0.29) is 6.42 Å². The minimum atomic E-state index is -4.43. The summed E-state index contributed by atoms with van der Waals surface area (Å²) in [5.41, 5.74) is 0. The summed E-state index contributed by atoms with van der Waals surface area (Å²) < 4.78 is 39.5. The number of aliphatic carboxylic acids is 1. The van der Waals surface area contributed by atoms with Gasteiger partial charge in [-0.25, -0.2) is 4.79 Å². The SMILES string of the molecule is CCCCC(NC(=O)CCOCC(F)(F)F)C(=O)O. The molecule has 0 spiro atoms. The van der Waals surface area contributed by atoms with Crippen LogP contribution >= 0.6 is 0 Å². The second-order valence-corrected chi connectivity index (χ2v) is 4.02. The smallest absolute Gasteiger partial charge is 0.411 e. The molecule has 0 aromatic rings. The summed E-state index contributed by atoms with van der Waals surface area (Å²) in [6.45, 7) is 0.0651. The fourth-order valence-electron chi connectivity index (χ4n) is 1.28. The van der Waals surface area contributed by atoms with Crippen LogP contribution in [0.1, 0.15) is 32.6 Å². The highest BCUT2D eigenvalue weighted by Gasteiger charge is 2.27. The highest BCUT2D eigenvalue weighted by molar-refractivity contribution is 5.83. The molecule has 8 heteroatoms. The van der Waals surface area contributed by atoms with Gasteiger partial charge in [0.25, 0.3) is 0 Å². The summed E-state index contributed by atoms with van der Waals surface area (Å²) in [5.74, 6) is -1.79. The Hall–Kier alpha value is -1.31. The topological polar surface area (TPSA) is 75.6 Å². The highest BCUT2D eigenvalue weighted by atomic mass is 19.4. The third-order valence-electron chi connectivity index (χ3n) is 2.22. The summed E-state index contributed by atoms with van der Waals surface area (Å²) in [7, 11) is 0. The Bertz CT molecular complexity index is 294. The van der Waals surface area contributed by atoms with Crippen molar-refractivity contribution in [1.82, 2.24) is 5.32 Å². The first-order valence-electron chi connectivity index (χ1n) is 5.93. The molecule has 0 aliphatic rings. The minimum Gasteiger partial charge on any atom is -0.480 e. The van der Waals surface area contributed by atoms with E-state index in [1.807, 2.05) is 6.92 Å². The van der Waals surface area contributed by atoms with E-state index in [2.05, 4.69) is 10.1 Å². The standard InChI is InChI=1S/C11H18F3NO4/c1-2-3-4-8(10(17)18)15-9(16)5-6-19-7-11(12,13)14/h8H,2-7H2,1H3,(H,15,16)(H,17,18). The first kappa shape index (κ1) is 17.7. The molecule has 19 heavy (non-hydrogen) atoms. The van der Waals surface area contributed by atoms with E-state index in [1.165, 1.54) is 0 Å². The van der Waals surface area contributed by atoms with Crippen molar-refractivity contribution in [2.24, 2.45) is 0 Å². The first-order chi connectivity index (χ1) is 8.76. The van der Waals surface area contributed by atoms with Gasteiger partial charge < -0.3 is 15.2 Å². The predicted molar refractivity (Wildman–Crippen MR) is 60.6 cm³/mol. The molecule has 0 aliphatic heterocycles. The first-order valence-corrected chi connectivity index (χ1v) is 5.93. The van der Waals surface area contributed by atoms with Gasteiger partial charge in [0.2, 0.25) is 5.91 Å². The molecule has 0 aliphatic carbocycles. The van der Waals surface area contributed by atoms with Gasteiger partial charge in [0, 0.05) is 6.42 Å². The van der Waals surface area contributed by atoms with Crippen LogP contribution in [0.15, 0.2) is 0 Å². The Morgan fingerprint density at radius 2 is 2.00 bits per heavy atom. The average molecular weight is 285 g/mol. The lowest BCUT2D eigenvalue weighted by Crippen LogP contribution is -2.41. The van der Waals surface area contributed by atoms with Crippen molar-refractivity contribution in [3.05, 3.63) is 0 Å². The summed E-state index contributed by atoms with van der Waals surface area (Å²) in [6.07, 6.45) is -3.01. The van der Waals surface area contributed by atoms with Crippen molar-refractivity contribution in [2.45, 2.75) is 44.8 Å². The van der Waals surface area contributed by atoms with E-state index in [0.717, 1.165) is 6.42 Å². The maximum atomic E-state index is 11.7. The number of carbonyl (C=O) groups is 2. The van der Waals surface area contributed by atoms with Crippen LogP contribution in [0.2, 0.25) is 0 Å². The Morgan fingerprint density at radius 1 is 1.37 bits per heavy atom. The molecule has 0 radical (unpaired) electrons. The lowest BCUT2D eigenvalue weighted by atomic mass is 10.1. The van der Waals surface area contributed by atoms with Gasteiger partial charge in [0.15, 0.2) is 0 Å². The van der Waals surface area contributed by atoms with Gasteiger partial charge in [0.05, 0.1) is 6.61 Å². The minimum absolute atomic E-state index is 0.293. The number of nitrogens with one attached hydrogen (secondary N) is 1. The van der Waals surface area contributed by atoms with Gasteiger partial charge in [0.1, 0.15) is 12.6 Å². The molecule has 0 fully saturated rings. The Labute approximate surface area is 109 Å². The normalized spacial score (nSPS) is 13.1. The van der Waals surface area contributed by atoms with Crippen LogP contribution < -0.4 is 5.32 Å². The third kappa shape index (κ3) is 10.3. The molecule has 1 atom stereocenters. The van der Waals surface area contributed by atoms with Gasteiger partial charge >= 0.3 is 12.1 Å². The number of hydrogen-bond donors (Lipinski definition) is 2. The Morgan fingerprint density at radius 3 is 2.47 bits per heavy atom. The Balaban J connectivity index is 3.90. The summed E-state index contributed by atoms with van der Waals surface area (Å²) >= 11 is 0. The van der Waals surface area contributed by atoms with E-state index in [1.54, 1.807) is 0 Å². The maximum Gasteiger partial charge on any atom is 0.411 e. The van der Waals surface area contributed by atoms with Crippen molar-refractivity contribution < 1.29 is 32.6 Å². The number of alkyl halides is 3. The summed E-state index contributed by atoms with van der Waals surface area (Å²) in [4.78, 5) is 22.1. The van der Waals surface area contributed by atoms with Crippen molar-refractivity contribution in [3.63, 3.8) is 0 Å². The van der Waals surface area contributed by atoms with Crippen LogP contribution in [0.5, 0.6) is 0 Å². The quantitative estimate of drug-likeness (QED) is 0.632. The summed E-state index contributed by atoms with van der Waals surface area (Å²) in [6, 6.07) is -1.00. The van der Waals surface area contributed by atoms with E-state index in [9.17, 15) is 22.8 Å². The van der Waals surface area contributed by atoms with E-state index < -0.39 is 37.3 Å². The average Bonchev–Trinajstić information content (AvgIpc) is 2.28. The molecule has 0 aromatic heterocycles. The number of carboxylic acids is 1. The van der Waals surface area contributed by atoms with Crippen molar-refractivity contribution >= 4 is 11.9 Å². The number of amides is 1. The van der Waals surface area contributed by atoms with Gasteiger partial charge in [-0.05, 0) is 6.42 Å². The molecule has 2 N–H and O–H groups in total. The second-order valence-electron chi connectivity index (χ2n) is 4.02. The molecule has 0 rings (SSSR count). The third-order valence-corrected chi connectivity index (χ3v) is 2.22. The molecule has 0 aromatic carbocycles. The van der Waals surface area contributed by atoms with Crippen molar-refractivity contribution in [1.29, 1.82) is 0 Å². The van der Waals surface area contributed by atoms with E-state index >= 15 is 0 Å². The van der Waals surface area contributed by atoms with Crippen molar-refractivity contribution in [3.8, 4) is 0 Å². The molecule has 0 bridgehead atoms. The molecular weight excluding hydrogens is 267 g/mol. The van der Waals surface area contributed by atoms with Crippen LogP contribution in [-0.2, 0) is 14.3 Å². The zero-order chi connectivity index (χ0) is 14.9. The molecule has 0 heterocycles. The number of hydrogen-bond acceptors (Lipinski definition) is 3. The van der Waals surface area contributed by atoms with Crippen molar-refractivity contribution in [2.75, 3.05) is 13.2 Å². The van der Waals surface area contributed by atoms with Crippen LogP contribution in [0.25, 0.3) is 0 Å². The van der Waals surface area contributed by atoms with E-state index in [4.69, 9.17) is 5.11 Å². The van der Waals surface area contributed by atoms with Crippen LogP contribution in [-0.4, -0.2) is 42.4 Å². The number of halogens is 3. The molecular formula is C11H18F3NO4. The van der Waals surface area contributed by atoms with Crippen LogP contribution in [0.4, 0.5) is 13.2 Å². The van der Waals surface area contributed by atoms with Gasteiger partial charge in [-0.15, -0.1) is 0 Å².